The molecule has 25 heavy (non-hydrogen) atoms. The van der Waals surface area contributed by atoms with Crippen LogP contribution >= 0.6 is 11.6 Å². The van der Waals surface area contributed by atoms with Gasteiger partial charge in [-0.2, -0.15) is 5.26 Å². The van der Waals surface area contributed by atoms with E-state index in [0.29, 0.717) is 23.5 Å². The van der Waals surface area contributed by atoms with Gasteiger partial charge >= 0.3 is 5.97 Å². The number of ether oxygens (including phenoxy) is 4. The highest BCUT2D eigenvalue weighted by molar-refractivity contribution is 6.32. The number of esters is 1. The van der Waals surface area contributed by atoms with Gasteiger partial charge in [-0.1, -0.05) is 17.7 Å². The maximum absolute atomic E-state index is 12.1. The Kier molecular flexibility index (Phi) is 4.96. The molecule has 3 rings (SSSR count). The Balaban J connectivity index is 1.66. The van der Waals surface area contributed by atoms with Crippen LogP contribution in [0.3, 0.4) is 0 Å². The second-order valence-electron chi connectivity index (χ2n) is 5.26. The summed E-state index contributed by atoms with van der Waals surface area (Å²) in [6, 6.07) is 10.4. The van der Waals surface area contributed by atoms with Crippen LogP contribution in [0.5, 0.6) is 23.0 Å². The fourth-order valence-electron chi connectivity index (χ4n) is 2.39. The molecule has 6 nitrogen and oxygen atoms in total. The molecule has 0 radical (unpaired) electrons. The molecule has 1 aliphatic heterocycles. The van der Waals surface area contributed by atoms with E-state index in [-0.39, 0.29) is 29.7 Å². The highest BCUT2D eigenvalue weighted by Crippen LogP contribution is 2.37. The molecule has 0 aromatic heterocycles. The van der Waals surface area contributed by atoms with E-state index < -0.39 is 5.97 Å². The average molecular weight is 360 g/mol. The second-order valence-corrected chi connectivity index (χ2v) is 5.67. The Bertz CT molecular complexity index is 859. The topological polar surface area (TPSA) is 77.8 Å². The van der Waals surface area contributed by atoms with Gasteiger partial charge in [-0.3, -0.25) is 4.79 Å². The largest absolute Gasteiger partial charge is 0.493 e. The van der Waals surface area contributed by atoms with E-state index in [1.165, 1.54) is 19.2 Å². The Morgan fingerprint density at radius 3 is 2.84 bits per heavy atom. The first-order chi connectivity index (χ1) is 12.1. The molecular formula is C18H14ClNO5. The maximum Gasteiger partial charge on any atom is 0.311 e. The molecule has 0 unspecified atom stereocenters. The number of hydrogen-bond acceptors (Lipinski definition) is 6. The summed E-state index contributed by atoms with van der Waals surface area (Å²) in [5.74, 6) is 1.25. The van der Waals surface area contributed by atoms with Gasteiger partial charge in [0.25, 0.3) is 0 Å². The van der Waals surface area contributed by atoms with Gasteiger partial charge in [-0.15, -0.1) is 0 Å². The summed E-state index contributed by atoms with van der Waals surface area (Å²) in [6.07, 6.45) is 0.630. The number of hydrogen-bond donors (Lipinski definition) is 0. The van der Waals surface area contributed by atoms with Gasteiger partial charge in [0, 0.05) is 12.5 Å². The number of benzene rings is 2. The number of nitriles is 1. The molecule has 1 heterocycles. The van der Waals surface area contributed by atoms with Gasteiger partial charge in [-0.05, 0) is 30.2 Å². The van der Waals surface area contributed by atoms with Crippen molar-refractivity contribution in [2.75, 3.05) is 13.9 Å². The molecule has 0 aliphatic carbocycles. The zero-order chi connectivity index (χ0) is 17.8. The highest BCUT2D eigenvalue weighted by atomic mass is 35.5. The minimum Gasteiger partial charge on any atom is -0.493 e. The van der Waals surface area contributed by atoms with Crippen molar-refractivity contribution < 1.29 is 23.7 Å². The van der Waals surface area contributed by atoms with Crippen LogP contribution in [0.25, 0.3) is 0 Å². The van der Waals surface area contributed by atoms with Crippen molar-refractivity contribution in [3.63, 3.8) is 0 Å². The standard InChI is InChI=1S/C18H14ClNO5/c1-22-16-8-12(9-20)6-13(19)18(16)25-17(21)5-3-11-2-4-14-15(7-11)24-10-23-14/h2,4,6-8H,3,5,10H2,1H3. The first-order valence-corrected chi connectivity index (χ1v) is 7.85. The lowest BCUT2D eigenvalue weighted by atomic mass is 10.1. The molecule has 1 aliphatic rings. The first-order valence-electron chi connectivity index (χ1n) is 7.47. The van der Waals surface area contributed by atoms with Crippen LogP contribution in [0.4, 0.5) is 0 Å². The van der Waals surface area contributed by atoms with E-state index in [0.717, 1.165) is 5.56 Å². The van der Waals surface area contributed by atoms with Crippen molar-refractivity contribution in [2.45, 2.75) is 12.8 Å². The minimum atomic E-state index is -0.456. The monoisotopic (exact) mass is 359 g/mol. The lowest BCUT2D eigenvalue weighted by molar-refractivity contribution is -0.134. The third kappa shape index (κ3) is 3.78. The average Bonchev–Trinajstić information content (AvgIpc) is 3.09. The quantitative estimate of drug-likeness (QED) is 0.600. The van der Waals surface area contributed by atoms with Crippen LogP contribution in [0.15, 0.2) is 30.3 Å². The molecule has 0 saturated heterocycles. The van der Waals surface area contributed by atoms with Crippen LogP contribution in [0.1, 0.15) is 17.5 Å². The minimum absolute atomic E-state index is 0.110. The van der Waals surface area contributed by atoms with E-state index in [1.54, 1.807) is 0 Å². The fraction of sp³-hybridized carbons (Fsp3) is 0.222. The van der Waals surface area contributed by atoms with Gasteiger partial charge in [0.2, 0.25) is 6.79 Å². The Hall–Kier alpha value is -2.91. The molecular weight excluding hydrogens is 346 g/mol. The van der Waals surface area contributed by atoms with E-state index in [4.69, 9.17) is 35.8 Å². The molecule has 2 aromatic carbocycles. The summed E-state index contributed by atoms with van der Waals surface area (Å²) in [4.78, 5) is 12.1. The van der Waals surface area contributed by atoms with Crippen molar-refractivity contribution in [1.29, 1.82) is 5.26 Å². The molecule has 0 saturated carbocycles. The SMILES string of the molecule is COc1cc(C#N)cc(Cl)c1OC(=O)CCc1ccc2c(c1)OCO2. The summed E-state index contributed by atoms with van der Waals surface area (Å²) in [7, 11) is 1.41. The number of fused-ring (bicyclic) bond motifs is 1. The van der Waals surface area contributed by atoms with Crippen LogP contribution < -0.4 is 18.9 Å². The van der Waals surface area contributed by atoms with Crippen LogP contribution in [-0.2, 0) is 11.2 Å². The molecule has 2 aromatic rings. The highest BCUT2D eigenvalue weighted by Gasteiger charge is 2.17. The third-order valence-corrected chi connectivity index (χ3v) is 3.91. The third-order valence-electron chi connectivity index (χ3n) is 3.63. The number of halogens is 1. The zero-order valence-corrected chi connectivity index (χ0v) is 14.1. The molecule has 0 bridgehead atoms. The fourth-order valence-corrected chi connectivity index (χ4v) is 2.64. The first kappa shape index (κ1) is 16.9. The predicted molar refractivity (Wildman–Crippen MR) is 89.2 cm³/mol. The summed E-state index contributed by atoms with van der Waals surface area (Å²) >= 11 is 6.08. The molecule has 0 amide bonds. The second kappa shape index (κ2) is 7.32. The molecule has 7 heteroatoms. The van der Waals surface area contributed by atoms with Crippen molar-refractivity contribution in [2.24, 2.45) is 0 Å². The van der Waals surface area contributed by atoms with E-state index in [9.17, 15) is 4.79 Å². The maximum atomic E-state index is 12.1. The summed E-state index contributed by atoms with van der Waals surface area (Å²) < 4.78 is 21.0. The number of carbonyl (C=O) groups is 1. The predicted octanol–water partition coefficient (Wildman–Crippen LogP) is 3.49. The van der Waals surface area contributed by atoms with Crippen LogP contribution in [0.2, 0.25) is 5.02 Å². The number of aryl methyl sites for hydroxylation is 1. The molecule has 0 N–H and O–H groups in total. The lowest BCUT2D eigenvalue weighted by Crippen LogP contribution is -2.10. The van der Waals surface area contributed by atoms with Gasteiger partial charge in [0.15, 0.2) is 23.0 Å². The van der Waals surface area contributed by atoms with Crippen molar-refractivity contribution in [3.05, 3.63) is 46.5 Å². The Labute approximate surface area is 149 Å². The van der Waals surface area contributed by atoms with Gasteiger partial charge in [0.05, 0.1) is 23.8 Å². The van der Waals surface area contributed by atoms with E-state index >= 15 is 0 Å². The normalized spacial score (nSPS) is 11.7. The Morgan fingerprint density at radius 1 is 1.28 bits per heavy atom. The summed E-state index contributed by atoms with van der Waals surface area (Å²) in [5.41, 5.74) is 1.25. The number of rotatable bonds is 5. The van der Waals surface area contributed by atoms with Crippen LogP contribution in [0, 0.1) is 11.3 Å². The van der Waals surface area contributed by atoms with Crippen LogP contribution in [-0.4, -0.2) is 19.9 Å². The van der Waals surface area contributed by atoms with Crippen molar-refractivity contribution >= 4 is 17.6 Å². The lowest BCUT2D eigenvalue weighted by Gasteiger charge is -2.11. The smallest absolute Gasteiger partial charge is 0.311 e. The summed E-state index contributed by atoms with van der Waals surface area (Å²) in [5, 5.41) is 9.09. The number of methoxy groups -OCH3 is 1. The van der Waals surface area contributed by atoms with Crippen molar-refractivity contribution in [1.82, 2.24) is 0 Å². The van der Waals surface area contributed by atoms with Crippen molar-refractivity contribution in [3.8, 4) is 29.1 Å². The van der Waals surface area contributed by atoms with E-state index in [2.05, 4.69) is 0 Å². The van der Waals surface area contributed by atoms with E-state index in [1.807, 2.05) is 24.3 Å². The summed E-state index contributed by atoms with van der Waals surface area (Å²) in [6.45, 7) is 0.206. The Morgan fingerprint density at radius 2 is 2.08 bits per heavy atom. The number of nitrogens with zero attached hydrogens (tertiary/aromatic N) is 1. The molecule has 128 valence electrons. The number of carbonyl (C=O) groups excluding carboxylic acids is 1. The van der Waals surface area contributed by atoms with Gasteiger partial charge in [0.1, 0.15) is 0 Å². The van der Waals surface area contributed by atoms with Gasteiger partial charge < -0.3 is 18.9 Å². The van der Waals surface area contributed by atoms with Gasteiger partial charge in [-0.25, -0.2) is 0 Å². The molecule has 0 spiro atoms. The molecule has 0 fully saturated rings. The zero-order valence-electron chi connectivity index (χ0n) is 13.4. The molecule has 0 atom stereocenters.